The molecule has 7 heteroatoms. The zero-order chi connectivity index (χ0) is 20.3. The summed E-state index contributed by atoms with van der Waals surface area (Å²) in [5.74, 6) is 1.18. The second kappa shape index (κ2) is 8.67. The molecular weight excluding hydrogens is 392 g/mol. The Balaban J connectivity index is 1.87. The fourth-order valence-electron chi connectivity index (χ4n) is 2.79. The van der Waals surface area contributed by atoms with Crippen molar-refractivity contribution in [2.24, 2.45) is 0 Å². The van der Waals surface area contributed by atoms with Gasteiger partial charge in [-0.1, -0.05) is 30.0 Å². The van der Waals surface area contributed by atoms with Crippen molar-refractivity contribution in [1.29, 1.82) is 0 Å². The molecule has 146 valence electrons. The van der Waals surface area contributed by atoms with Gasteiger partial charge in [0.25, 0.3) is 5.91 Å². The van der Waals surface area contributed by atoms with Crippen molar-refractivity contribution in [2.75, 3.05) is 37.6 Å². The topological polar surface area (TPSA) is 42.0 Å². The zero-order valence-corrected chi connectivity index (χ0v) is 17.9. The summed E-state index contributed by atoms with van der Waals surface area (Å²) in [7, 11) is 5.55. The summed E-state index contributed by atoms with van der Waals surface area (Å²) in [6, 6.07) is 13.3. The molecule has 0 atom stereocenters. The smallest absolute Gasteiger partial charge is 0.270 e. The summed E-state index contributed by atoms with van der Waals surface area (Å²) in [5.41, 5.74) is 2.68. The average molecular weight is 415 g/mol. The molecule has 1 fully saturated rings. The van der Waals surface area contributed by atoms with Crippen LogP contribution in [0.15, 0.2) is 47.4 Å². The molecule has 0 N–H and O–H groups in total. The molecule has 0 unspecified atom stereocenters. The van der Waals surface area contributed by atoms with E-state index >= 15 is 0 Å². The highest BCUT2D eigenvalue weighted by Gasteiger charge is 2.33. The number of amides is 1. The van der Waals surface area contributed by atoms with Gasteiger partial charge in [0.05, 0.1) is 24.3 Å². The number of rotatable bonds is 6. The summed E-state index contributed by atoms with van der Waals surface area (Å²) in [6.07, 6.45) is 1.83. The molecule has 1 heterocycles. The molecule has 0 bridgehead atoms. The minimum absolute atomic E-state index is 0.124. The van der Waals surface area contributed by atoms with E-state index < -0.39 is 0 Å². The molecule has 1 aliphatic heterocycles. The Bertz CT molecular complexity index is 924. The lowest BCUT2D eigenvalue weighted by Crippen LogP contribution is -2.27. The van der Waals surface area contributed by atoms with Crippen LogP contribution in [0.2, 0.25) is 0 Å². The lowest BCUT2D eigenvalue weighted by Gasteiger charge is -2.17. The van der Waals surface area contributed by atoms with Crippen molar-refractivity contribution < 1.29 is 14.3 Å². The molecule has 5 nitrogen and oxygen atoms in total. The Kier molecular flexibility index (Phi) is 6.26. The highest BCUT2D eigenvalue weighted by molar-refractivity contribution is 8.27. The van der Waals surface area contributed by atoms with Gasteiger partial charge in [-0.2, -0.15) is 0 Å². The lowest BCUT2D eigenvalue weighted by molar-refractivity contribution is -0.113. The minimum Gasteiger partial charge on any atom is -0.493 e. The third-order valence-electron chi connectivity index (χ3n) is 4.20. The molecular formula is C21H22N2O3S2. The van der Waals surface area contributed by atoms with Crippen LogP contribution in [-0.2, 0) is 4.79 Å². The summed E-state index contributed by atoms with van der Waals surface area (Å²) < 4.78 is 11.4. The van der Waals surface area contributed by atoms with Gasteiger partial charge in [-0.15, -0.1) is 0 Å². The number of ether oxygens (including phenoxy) is 2. The largest absolute Gasteiger partial charge is 0.493 e. The maximum atomic E-state index is 13.0. The fraction of sp³-hybridized carbons (Fsp3) is 0.238. The van der Waals surface area contributed by atoms with Crippen LogP contribution in [0.5, 0.6) is 11.5 Å². The van der Waals surface area contributed by atoms with E-state index in [-0.39, 0.29) is 5.91 Å². The van der Waals surface area contributed by atoms with Crippen LogP contribution in [0.1, 0.15) is 12.5 Å². The number of nitrogens with zero attached hydrogens (tertiary/aromatic N) is 2. The van der Waals surface area contributed by atoms with Gasteiger partial charge in [0.15, 0.2) is 15.8 Å². The van der Waals surface area contributed by atoms with Gasteiger partial charge < -0.3 is 14.4 Å². The number of anilines is 2. The Morgan fingerprint density at radius 1 is 1.14 bits per heavy atom. The molecule has 0 saturated carbocycles. The number of hydrogen-bond donors (Lipinski definition) is 0. The number of benzene rings is 2. The van der Waals surface area contributed by atoms with Gasteiger partial charge in [-0.3, -0.25) is 9.69 Å². The van der Waals surface area contributed by atoms with E-state index in [0.717, 1.165) is 16.9 Å². The number of thioether (sulfide) groups is 1. The quantitative estimate of drug-likeness (QED) is 0.510. The third-order valence-corrected chi connectivity index (χ3v) is 5.51. The normalized spacial score (nSPS) is 15.3. The number of hydrogen-bond acceptors (Lipinski definition) is 6. The summed E-state index contributed by atoms with van der Waals surface area (Å²) >= 11 is 6.75. The van der Waals surface area contributed by atoms with Crippen molar-refractivity contribution in [1.82, 2.24) is 0 Å². The first kappa shape index (κ1) is 20.2. The molecule has 0 radical (unpaired) electrons. The van der Waals surface area contributed by atoms with Gasteiger partial charge >= 0.3 is 0 Å². The molecule has 1 saturated heterocycles. The number of thiocarbonyl (C=S) groups is 1. The van der Waals surface area contributed by atoms with E-state index in [0.29, 0.717) is 27.3 Å². The van der Waals surface area contributed by atoms with Crippen molar-refractivity contribution >= 4 is 51.7 Å². The summed E-state index contributed by atoms with van der Waals surface area (Å²) in [6.45, 7) is 2.45. The van der Waals surface area contributed by atoms with Gasteiger partial charge in [0.1, 0.15) is 0 Å². The second-order valence-electron chi connectivity index (χ2n) is 6.27. The molecule has 0 aromatic heterocycles. The van der Waals surface area contributed by atoms with Crippen LogP contribution >= 0.6 is 24.0 Å². The third kappa shape index (κ3) is 4.15. The van der Waals surface area contributed by atoms with Gasteiger partial charge in [-0.25, -0.2) is 0 Å². The fourth-order valence-corrected chi connectivity index (χ4v) is 4.09. The number of carbonyl (C=O) groups is 1. The average Bonchev–Trinajstić information content (AvgIpc) is 2.95. The predicted molar refractivity (Wildman–Crippen MR) is 121 cm³/mol. The van der Waals surface area contributed by atoms with E-state index in [1.807, 2.05) is 74.5 Å². The zero-order valence-electron chi connectivity index (χ0n) is 16.3. The highest BCUT2D eigenvalue weighted by Crippen LogP contribution is 2.37. The number of methoxy groups -OCH3 is 1. The molecule has 1 amide bonds. The van der Waals surface area contributed by atoms with Gasteiger partial charge in [0, 0.05) is 19.8 Å². The standard InChI is InChI=1S/C21H22N2O3S2/c1-5-26-18-12-14(6-11-17(18)25-4)13-19-20(24)23(21(27)28-19)16-9-7-15(8-10-16)22(2)3/h6-13H,5H2,1-4H3/b19-13-. The first-order valence-electron chi connectivity index (χ1n) is 8.80. The van der Waals surface area contributed by atoms with E-state index in [4.69, 9.17) is 21.7 Å². The predicted octanol–water partition coefficient (Wildman–Crippen LogP) is 4.57. The highest BCUT2D eigenvalue weighted by atomic mass is 32.2. The van der Waals surface area contributed by atoms with E-state index in [1.54, 1.807) is 12.0 Å². The van der Waals surface area contributed by atoms with Crippen LogP contribution in [0.4, 0.5) is 11.4 Å². The van der Waals surface area contributed by atoms with Crippen molar-refractivity contribution in [3.05, 3.63) is 52.9 Å². The van der Waals surface area contributed by atoms with Crippen molar-refractivity contribution in [3.63, 3.8) is 0 Å². The van der Waals surface area contributed by atoms with Crippen LogP contribution < -0.4 is 19.3 Å². The molecule has 3 rings (SSSR count). The maximum Gasteiger partial charge on any atom is 0.270 e. The minimum atomic E-state index is -0.124. The molecule has 0 aliphatic carbocycles. The van der Waals surface area contributed by atoms with Crippen LogP contribution in [0.3, 0.4) is 0 Å². The molecule has 2 aromatic rings. The first-order valence-corrected chi connectivity index (χ1v) is 10.0. The molecule has 2 aromatic carbocycles. The Morgan fingerprint density at radius 3 is 2.46 bits per heavy atom. The van der Waals surface area contributed by atoms with E-state index in [2.05, 4.69) is 0 Å². The Hall–Kier alpha value is -2.51. The van der Waals surface area contributed by atoms with Crippen molar-refractivity contribution in [3.8, 4) is 11.5 Å². The van der Waals surface area contributed by atoms with Gasteiger partial charge in [0.2, 0.25) is 0 Å². The van der Waals surface area contributed by atoms with Crippen LogP contribution in [0.25, 0.3) is 6.08 Å². The summed E-state index contributed by atoms with van der Waals surface area (Å²) in [4.78, 5) is 17.1. The number of carbonyl (C=O) groups excluding carboxylic acids is 1. The molecule has 28 heavy (non-hydrogen) atoms. The second-order valence-corrected chi connectivity index (χ2v) is 7.95. The lowest BCUT2D eigenvalue weighted by atomic mass is 10.1. The van der Waals surface area contributed by atoms with Crippen molar-refractivity contribution in [2.45, 2.75) is 6.92 Å². The van der Waals surface area contributed by atoms with Crippen LogP contribution in [-0.4, -0.2) is 38.0 Å². The Morgan fingerprint density at radius 2 is 1.86 bits per heavy atom. The first-order chi connectivity index (χ1) is 13.4. The SMILES string of the molecule is CCOc1cc(/C=C2\SC(=S)N(c3ccc(N(C)C)cc3)C2=O)ccc1OC. The van der Waals surface area contributed by atoms with Gasteiger partial charge in [-0.05, 0) is 55.0 Å². The maximum absolute atomic E-state index is 13.0. The molecule has 1 aliphatic rings. The monoisotopic (exact) mass is 414 g/mol. The Labute approximate surface area is 174 Å². The van der Waals surface area contributed by atoms with E-state index in [1.165, 1.54) is 11.8 Å². The van der Waals surface area contributed by atoms with E-state index in [9.17, 15) is 4.79 Å². The summed E-state index contributed by atoms with van der Waals surface area (Å²) in [5, 5.41) is 0. The van der Waals surface area contributed by atoms with Crippen LogP contribution in [0, 0.1) is 0 Å². The molecule has 0 spiro atoms.